The fourth-order valence-corrected chi connectivity index (χ4v) is 2.16. The Morgan fingerprint density at radius 2 is 2.24 bits per heavy atom. The minimum absolute atomic E-state index is 0.0165. The van der Waals surface area contributed by atoms with Gasteiger partial charge in [0.25, 0.3) is 5.91 Å². The first-order chi connectivity index (χ1) is 10.0. The van der Waals surface area contributed by atoms with E-state index in [0.717, 1.165) is 17.4 Å². The summed E-state index contributed by atoms with van der Waals surface area (Å²) >= 11 is 0. The van der Waals surface area contributed by atoms with Crippen LogP contribution in [0.2, 0.25) is 0 Å². The van der Waals surface area contributed by atoms with Gasteiger partial charge in [-0.1, -0.05) is 30.1 Å². The van der Waals surface area contributed by atoms with E-state index in [1.54, 1.807) is 6.07 Å². The average molecular weight is 289 g/mol. The molecular formula is C15H19N3O3. The van der Waals surface area contributed by atoms with Gasteiger partial charge in [0.05, 0.1) is 6.04 Å². The van der Waals surface area contributed by atoms with Gasteiger partial charge >= 0.3 is 0 Å². The Labute approximate surface area is 122 Å². The van der Waals surface area contributed by atoms with Crippen molar-refractivity contribution in [1.82, 2.24) is 5.32 Å². The number of amides is 1. The summed E-state index contributed by atoms with van der Waals surface area (Å²) in [6, 6.07) is 6.87. The van der Waals surface area contributed by atoms with Gasteiger partial charge in [-0.25, -0.2) is 0 Å². The molecule has 6 heteroatoms. The maximum Gasteiger partial charge on any atom is 0.287 e. The molecule has 4 N–H and O–H groups in total. The number of amidine groups is 1. The smallest absolute Gasteiger partial charge is 0.287 e. The highest BCUT2D eigenvalue weighted by Gasteiger charge is 2.19. The van der Waals surface area contributed by atoms with Crippen molar-refractivity contribution in [3.63, 3.8) is 0 Å². The van der Waals surface area contributed by atoms with Crippen LogP contribution in [0.15, 0.2) is 33.8 Å². The fraction of sp³-hybridized carbons (Fsp3) is 0.333. The molecule has 2 rings (SSSR count). The van der Waals surface area contributed by atoms with E-state index in [1.165, 1.54) is 0 Å². The summed E-state index contributed by atoms with van der Waals surface area (Å²) in [5.41, 5.74) is 7.33. The maximum atomic E-state index is 12.2. The molecule has 0 fully saturated rings. The molecule has 1 unspecified atom stereocenters. The largest absolute Gasteiger partial charge is 0.451 e. The van der Waals surface area contributed by atoms with Crippen LogP contribution in [-0.2, 0) is 0 Å². The second-order valence-electron chi connectivity index (χ2n) is 4.99. The van der Waals surface area contributed by atoms with Crippen LogP contribution in [0.4, 0.5) is 0 Å². The predicted octanol–water partition coefficient (Wildman–Crippen LogP) is 2.39. The molecule has 1 atom stereocenters. The molecule has 0 aliphatic rings. The van der Waals surface area contributed by atoms with Gasteiger partial charge in [0.15, 0.2) is 11.6 Å². The minimum Gasteiger partial charge on any atom is -0.451 e. The van der Waals surface area contributed by atoms with Crippen molar-refractivity contribution >= 4 is 22.7 Å². The molecule has 0 radical (unpaired) electrons. The summed E-state index contributed by atoms with van der Waals surface area (Å²) < 4.78 is 5.52. The van der Waals surface area contributed by atoms with Gasteiger partial charge in [0.1, 0.15) is 5.58 Å². The van der Waals surface area contributed by atoms with Gasteiger partial charge in [-0.2, -0.15) is 0 Å². The Morgan fingerprint density at radius 1 is 1.48 bits per heavy atom. The number of aryl methyl sites for hydroxylation is 1. The minimum atomic E-state index is -0.512. The number of nitrogens with one attached hydrogen (secondary N) is 1. The van der Waals surface area contributed by atoms with Crippen molar-refractivity contribution in [3.05, 3.63) is 35.6 Å². The lowest BCUT2D eigenvalue weighted by molar-refractivity contribution is 0.0919. The average Bonchev–Trinajstić information content (AvgIpc) is 2.89. The molecule has 0 aliphatic carbocycles. The van der Waals surface area contributed by atoms with E-state index in [4.69, 9.17) is 15.4 Å². The Morgan fingerprint density at radius 3 is 2.90 bits per heavy atom. The summed E-state index contributed by atoms with van der Waals surface area (Å²) in [5.74, 6) is -0.187. The van der Waals surface area contributed by atoms with E-state index in [1.807, 2.05) is 32.0 Å². The number of hydrogen-bond acceptors (Lipinski definition) is 4. The fourth-order valence-electron chi connectivity index (χ4n) is 2.16. The van der Waals surface area contributed by atoms with Gasteiger partial charge < -0.3 is 20.7 Å². The number of hydrogen-bond donors (Lipinski definition) is 3. The Balaban J connectivity index is 2.21. The van der Waals surface area contributed by atoms with Crippen molar-refractivity contribution in [2.45, 2.75) is 32.7 Å². The highest BCUT2D eigenvalue weighted by Crippen LogP contribution is 2.20. The molecular weight excluding hydrogens is 270 g/mol. The van der Waals surface area contributed by atoms with Gasteiger partial charge in [-0.05, 0) is 31.5 Å². The Hall–Kier alpha value is -2.50. The number of nitrogens with zero attached hydrogens (tertiary/aromatic N) is 1. The number of benzene rings is 1. The first-order valence-electron chi connectivity index (χ1n) is 6.83. The first kappa shape index (κ1) is 14.9. The summed E-state index contributed by atoms with van der Waals surface area (Å²) in [5, 5.41) is 15.3. The summed E-state index contributed by atoms with van der Waals surface area (Å²) in [7, 11) is 0. The highest BCUT2D eigenvalue weighted by atomic mass is 16.4. The zero-order valence-corrected chi connectivity index (χ0v) is 12.1. The number of carbonyl (C=O) groups excluding carboxylic acids is 1. The quantitative estimate of drug-likeness (QED) is 0.340. The first-order valence-corrected chi connectivity index (χ1v) is 6.83. The Kier molecular flexibility index (Phi) is 4.47. The molecule has 0 saturated heterocycles. The molecule has 1 aromatic heterocycles. The van der Waals surface area contributed by atoms with Crippen LogP contribution in [0.25, 0.3) is 11.0 Å². The molecule has 1 heterocycles. The third-order valence-electron chi connectivity index (χ3n) is 3.25. The van der Waals surface area contributed by atoms with Gasteiger partial charge in [-0.15, -0.1) is 0 Å². The molecule has 112 valence electrons. The lowest BCUT2D eigenvalue weighted by atomic mass is 10.1. The van der Waals surface area contributed by atoms with Crippen molar-refractivity contribution in [2.75, 3.05) is 0 Å². The number of nitrogens with two attached hydrogens (primary N) is 1. The van der Waals surface area contributed by atoms with Crippen LogP contribution >= 0.6 is 0 Å². The monoisotopic (exact) mass is 289 g/mol. The molecule has 0 saturated carbocycles. The predicted molar refractivity (Wildman–Crippen MR) is 80.5 cm³/mol. The number of carbonyl (C=O) groups is 1. The normalized spacial score (nSPS) is 13.3. The van der Waals surface area contributed by atoms with Crippen molar-refractivity contribution in [2.24, 2.45) is 10.9 Å². The van der Waals surface area contributed by atoms with E-state index in [2.05, 4.69) is 10.5 Å². The van der Waals surface area contributed by atoms with Crippen LogP contribution in [0.1, 0.15) is 35.9 Å². The van der Waals surface area contributed by atoms with Crippen molar-refractivity contribution in [3.8, 4) is 0 Å². The second kappa shape index (κ2) is 6.30. The third kappa shape index (κ3) is 3.34. The highest BCUT2D eigenvalue weighted by molar-refractivity contribution is 5.99. The van der Waals surface area contributed by atoms with E-state index >= 15 is 0 Å². The third-order valence-corrected chi connectivity index (χ3v) is 3.25. The van der Waals surface area contributed by atoms with Crippen LogP contribution in [0, 0.1) is 6.92 Å². The summed E-state index contributed by atoms with van der Waals surface area (Å²) in [6.07, 6.45) is 1.38. The maximum absolute atomic E-state index is 12.2. The van der Waals surface area contributed by atoms with Crippen LogP contribution in [0.5, 0.6) is 0 Å². The number of furan rings is 1. The standard InChI is InChI=1S/C15H19N3O3/c1-3-4-11(14(16)18-20)17-15(19)13-8-10-7-9(2)5-6-12(10)21-13/h5-8,11,20H,3-4H2,1-2H3,(H2,16,18)(H,17,19). The molecule has 6 nitrogen and oxygen atoms in total. The van der Waals surface area contributed by atoms with Gasteiger partial charge in [-0.3, -0.25) is 4.79 Å². The zero-order valence-electron chi connectivity index (χ0n) is 12.1. The summed E-state index contributed by atoms with van der Waals surface area (Å²) in [6.45, 7) is 3.93. The van der Waals surface area contributed by atoms with E-state index in [9.17, 15) is 4.79 Å². The molecule has 2 aromatic rings. The lowest BCUT2D eigenvalue weighted by Crippen LogP contribution is -2.44. The van der Waals surface area contributed by atoms with Crippen LogP contribution in [0.3, 0.4) is 0 Å². The van der Waals surface area contributed by atoms with Crippen molar-refractivity contribution in [1.29, 1.82) is 0 Å². The SMILES string of the molecule is CCCC(NC(=O)c1cc2cc(C)ccc2o1)C(N)=NO. The van der Waals surface area contributed by atoms with Gasteiger partial charge in [0, 0.05) is 5.39 Å². The van der Waals surface area contributed by atoms with Crippen molar-refractivity contribution < 1.29 is 14.4 Å². The molecule has 0 aliphatic heterocycles. The van der Waals surface area contributed by atoms with Crippen LogP contribution in [-0.4, -0.2) is 23.0 Å². The van der Waals surface area contributed by atoms with E-state index in [-0.39, 0.29) is 17.5 Å². The summed E-state index contributed by atoms with van der Waals surface area (Å²) in [4.78, 5) is 12.2. The lowest BCUT2D eigenvalue weighted by Gasteiger charge is -2.15. The number of fused-ring (bicyclic) bond motifs is 1. The molecule has 21 heavy (non-hydrogen) atoms. The number of rotatable bonds is 5. The Bertz CT molecular complexity index is 676. The number of oxime groups is 1. The van der Waals surface area contributed by atoms with Crippen LogP contribution < -0.4 is 11.1 Å². The second-order valence-corrected chi connectivity index (χ2v) is 4.99. The molecule has 0 bridgehead atoms. The van der Waals surface area contributed by atoms with Gasteiger partial charge in [0.2, 0.25) is 0 Å². The molecule has 1 aromatic carbocycles. The molecule has 0 spiro atoms. The topological polar surface area (TPSA) is 101 Å². The zero-order chi connectivity index (χ0) is 15.4. The molecule has 1 amide bonds. The van der Waals surface area contributed by atoms with E-state index in [0.29, 0.717) is 12.0 Å². The van der Waals surface area contributed by atoms with E-state index < -0.39 is 6.04 Å².